The molecule has 1 N–H and O–H groups in total. The van der Waals surface area contributed by atoms with Crippen molar-refractivity contribution >= 4 is 28.4 Å². The molecule has 0 unspecified atom stereocenters. The SMILES string of the molecule is Cc1csc(Nc2cc(OC3CCN(C(=O)OC(C)(C)C)CC3)ccn2)n1. The molecule has 1 saturated heterocycles. The predicted octanol–water partition coefficient (Wildman–Crippen LogP) is 4.37. The van der Waals surface area contributed by atoms with Gasteiger partial charge in [0.15, 0.2) is 5.13 Å². The van der Waals surface area contributed by atoms with Crippen molar-refractivity contribution in [1.29, 1.82) is 0 Å². The predicted molar refractivity (Wildman–Crippen MR) is 106 cm³/mol. The highest BCUT2D eigenvalue weighted by molar-refractivity contribution is 7.13. The number of pyridine rings is 1. The Morgan fingerprint density at radius 2 is 2.07 bits per heavy atom. The third-order valence-electron chi connectivity index (χ3n) is 3.98. The van der Waals surface area contributed by atoms with Crippen molar-refractivity contribution in [3.8, 4) is 5.75 Å². The lowest BCUT2D eigenvalue weighted by atomic mass is 10.1. The maximum Gasteiger partial charge on any atom is 0.410 e. The van der Waals surface area contributed by atoms with Crippen LogP contribution in [0.5, 0.6) is 5.75 Å². The molecule has 0 spiro atoms. The van der Waals surface area contributed by atoms with Gasteiger partial charge in [0.1, 0.15) is 23.3 Å². The normalized spacial score (nSPS) is 15.5. The summed E-state index contributed by atoms with van der Waals surface area (Å²) in [5, 5.41) is 5.99. The molecule has 3 rings (SSSR count). The van der Waals surface area contributed by atoms with E-state index in [9.17, 15) is 4.79 Å². The van der Waals surface area contributed by atoms with Crippen molar-refractivity contribution in [2.75, 3.05) is 18.4 Å². The van der Waals surface area contributed by atoms with E-state index in [2.05, 4.69) is 15.3 Å². The number of hydrogen-bond donors (Lipinski definition) is 1. The van der Waals surface area contributed by atoms with Crippen LogP contribution in [0.4, 0.5) is 15.7 Å². The van der Waals surface area contributed by atoms with Gasteiger partial charge in [-0.1, -0.05) is 0 Å². The second kappa shape index (κ2) is 8.12. The molecule has 2 aromatic rings. The second-order valence-electron chi connectivity index (χ2n) is 7.58. The molecule has 0 atom stereocenters. The number of likely N-dealkylation sites (tertiary alicyclic amines) is 1. The highest BCUT2D eigenvalue weighted by Gasteiger charge is 2.27. The Kier molecular flexibility index (Phi) is 5.84. The van der Waals surface area contributed by atoms with E-state index in [1.807, 2.05) is 45.2 Å². The summed E-state index contributed by atoms with van der Waals surface area (Å²) in [4.78, 5) is 22.6. The van der Waals surface area contributed by atoms with Crippen molar-refractivity contribution < 1.29 is 14.3 Å². The molecule has 27 heavy (non-hydrogen) atoms. The molecule has 1 aliphatic rings. The Morgan fingerprint density at radius 1 is 1.33 bits per heavy atom. The van der Waals surface area contributed by atoms with Crippen LogP contribution in [0.3, 0.4) is 0 Å². The maximum absolute atomic E-state index is 12.1. The number of rotatable bonds is 4. The second-order valence-corrected chi connectivity index (χ2v) is 8.44. The van der Waals surface area contributed by atoms with E-state index in [0.29, 0.717) is 18.9 Å². The third-order valence-corrected chi connectivity index (χ3v) is 4.86. The lowest BCUT2D eigenvalue weighted by Gasteiger charge is -2.33. The van der Waals surface area contributed by atoms with E-state index >= 15 is 0 Å². The van der Waals surface area contributed by atoms with Gasteiger partial charge < -0.3 is 19.7 Å². The smallest absolute Gasteiger partial charge is 0.410 e. The van der Waals surface area contributed by atoms with Crippen LogP contribution in [0.1, 0.15) is 39.3 Å². The summed E-state index contributed by atoms with van der Waals surface area (Å²) in [5.41, 5.74) is 0.507. The molecule has 7 nitrogen and oxygen atoms in total. The quantitative estimate of drug-likeness (QED) is 0.835. The van der Waals surface area contributed by atoms with Crippen LogP contribution in [0, 0.1) is 6.92 Å². The van der Waals surface area contributed by atoms with Gasteiger partial charge in [-0.2, -0.15) is 0 Å². The Balaban J connectivity index is 1.52. The van der Waals surface area contributed by atoms with Crippen LogP contribution in [0.15, 0.2) is 23.7 Å². The van der Waals surface area contributed by atoms with Crippen molar-refractivity contribution in [2.45, 2.75) is 52.2 Å². The average Bonchev–Trinajstić information content (AvgIpc) is 2.99. The molecule has 2 aromatic heterocycles. The zero-order chi connectivity index (χ0) is 19.4. The molecule has 1 aliphatic heterocycles. The molecule has 8 heteroatoms. The van der Waals surface area contributed by atoms with Crippen LogP contribution in [-0.4, -0.2) is 45.8 Å². The summed E-state index contributed by atoms with van der Waals surface area (Å²) in [7, 11) is 0. The molecule has 1 amide bonds. The lowest BCUT2D eigenvalue weighted by Crippen LogP contribution is -2.44. The van der Waals surface area contributed by atoms with Gasteiger partial charge in [-0.05, 0) is 33.8 Å². The Hall–Kier alpha value is -2.35. The van der Waals surface area contributed by atoms with E-state index in [1.165, 1.54) is 0 Å². The zero-order valence-corrected chi connectivity index (χ0v) is 17.0. The van der Waals surface area contributed by atoms with E-state index in [0.717, 1.165) is 29.4 Å². The van der Waals surface area contributed by atoms with Crippen molar-refractivity contribution in [2.24, 2.45) is 0 Å². The number of aromatic nitrogens is 2. The largest absolute Gasteiger partial charge is 0.490 e. The van der Waals surface area contributed by atoms with E-state index < -0.39 is 5.60 Å². The van der Waals surface area contributed by atoms with Gasteiger partial charge in [-0.25, -0.2) is 14.8 Å². The molecule has 0 saturated carbocycles. The maximum atomic E-state index is 12.1. The zero-order valence-electron chi connectivity index (χ0n) is 16.2. The number of anilines is 2. The Bertz CT molecular complexity index is 779. The minimum atomic E-state index is -0.471. The number of hydrogen-bond acceptors (Lipinski definition) is 7. The van der Waals surface area contributed by atoms with Crippen LogP contribution >= 0.6 is 11.3 Å². The van der Waals surface area contributed by atoms with E-state index in [-0.39, 0.29) is 12.2 Å². The molecular formula is C19H26N4O3S. The molecule has 0 aliphatic carbocycles. The van der Waals surface area contributed by atoms with Gasteiger partial charge in [0.05, 0.1) is 5.69 Å². The summed E-state index contributed by atoms with van der Waals surface area (Å²) in [5.74, 6) is 1.46. The molecule has 1 fully saturated rings. The molecule has 0 bridgehead atoms. The minimum absolute atomic E-state index is 0.0704. The van der Waals surface area contributed by atoms with Crippen molar-refractivity contribution in [3.05, 3.63) is 29.4 Å². The number of aryl methyl sites for hydroxylation is 1. The van der Waals surface area contributed by atoms with Gasteiger partial charge in [-0.15, -0.1) is 11.3 Å². The van der Waals surface area contributed by atoms with Crippen LogP contribution in [-0.2, 0) is 4.74 Å². The number of nitrogens with zero attached hydrogens (tertiary/aromatic N) is 3. The first-order chi connectivity index (χ1) is 12.8. The minimum Gasteiger partial charge on any atom is -0.490 e. The summed E-state index contributed by atoms with van der Waals surface area (Å²) in [6.07, 6.45) is 3.08. The molecule has 146 valence electrons. The highest BCUT2D eigenvalue weighted by Crippen LogP contribution is 2.24. The van der Waals surface area contributed by atoms with Gasteiger partial charge in [0, 0.05) is 43.6 Å². The number of carbonyl (C=O) groups excluding carboxylic acids is 1. The number of nitrogens with one attached hydrogen (secondary N) is 1. The fraction of sp³-hybridized carbons (Fsp3) is 0.526. The summed E-state index contributed by atoms with van der Waals surface area (Å²) in [6.45, 7) is 8.86. The van der Waals surface area contributed by atoms with Crippen LogP contribution < -0.4 is 10.1 Å². The monoisotopic (exact) mass is 390 g/mol. The van der Waals surface area contributed by atoms with Gasteiger partial charge in [0.2, 0.25) is 0 Å². The summed E-state index contributed by atoms with van der Waals surface area (Å²) >= 11 is 1.54. The molecule has 0 radical (unpaired) electrons. The number of ether oxygens (including phenoxy) is 2. The number of piperidine rings is 1. The summed E-state index contributed by atoms with van der Waals surface area (Å²) < 4.78 is 11.5. The first-order valence-electron chi connectivity index (χ1n) is 9.08. The fourth-order valence-electron chi connectivity index (χ4n) is 2.75. The topological polar surface area (TPSA) is 76.6 Å². The highest BCUT2D eigenvalue weighted by atomic mass is 32.1. The first-order valence-corrected chi connectivity index (χ1v) is 9.96. The standard InChI is InChI=1S/C19H26N4O3S/c1-13-12-27-17(21-13)22-16-11-15(5-8-20-16)25-14-6-9-23(10-7-14)18(24)26-19(2,3)4/h5,8,11-12,14H,6-7,9-10H2,1-4H3,(H,20,21,22). The molecule has 3 heterocycles. The fourth-order valence-corrected chi connectivity index (χ4v) is 3.44. The van der Waals surface area contributed by atoms with Gasteiger partial charge >= 0.3 is 6.09 Å². The summed E-state index contributed by atoms with van der Waals surface area (Å²) in [6, 6.07) is 3.72. The van der Waals surface area contributed by atoms with Crippen molar-refractivity contribution in [1.82, 2.24) is 14.9 Å². The van der Waals surface area contributed by atoms with Crippen LogP contribution in [0.25, 0.3) is 0 Å². The Morgan fingerprint density at radius 3 is 2.70 bits per heavy atom. The molecule has 0 aromatic carbocycles. The number of amides is 1. The van der Waals surface area contributed by atoms with E-state index in [1.54, 1.807) is 22.4 Å². The van der Waals surface area contributed by atoms with E-state index in [4.69, 9.17) is 9.47 Å². The lowest BCUT2D eigenvalue weighted by molar-refractivity contribution is 0.0126. The molecular weight excluding hydrogens is 364 g/mol. The van der Waals surface area contributed by atoms with Crippen molar-refractivity contribution in [3.63, 3.8) is 0 Å². The van der Waals surface area contributed by atoms with Gasteiger partial charge in [-0.3, -0.25) is 0 Å². The average molecular weight is 391 g/mol. The first kappa shape index (κ1) is 19.4. The number of carbonyl (C=O) groups is 1. The third kappa shape index (κ3) is 5.82. The van der Waals surface area contributed by atoms with Crippen LogP contribution in [0.2, 0.25) is 0 Å². The van der Waals surface area contributed by atoms with Gasteiger partial charge in [0.25, 0.3) is 0 Å². The Labute approximate surface area is 163 Å². The number of thiazole rings is 1.